The van der Waals surface area contributed by atoms with Crippen LogP contribution in [0.15, 0.2) is 47.6 Å². The van der Waals surface area contributed by atoms with Crippen LogP contribution < -0.4 is 4.74 Å². The second kappa shape index (κ2) is 7.27. The third-order valence-electron chi connectivity index (χ3n) is 3.52. The molecule has 0 fully saturated rings. The normalized spacial score (nSPS) is 11.1. The van der Waals surface area contributed by atoms with E-state index in [0.717, 1.165) is 11.1 Å². The van der Waals surface area contributed by atoms with E-state index >= 15 is 0 Å². The van der Waals surface area contributed by atoms with Crippen molar-refractivity contribution in [3.05, 3.63) is 70.0 Å². The Balaban J connectivity index is 1.86. The SMILES string of the molecule is COc1cc(C=Nn2c(Cc3ccc(F)cc3)n[nH]c2=S)ccc1O. The molecule has 0 spiro atoms. The fraction of sp³-hybridized carbons (Fsp3) is 0.118. The molecule has 3 rings (SSSR count). The van der Waals surface area contributed by atoms with Crippen molar-refractivity contribution >= 4 is 18.4 Å². The van der Waals surface area contributed by atoms with E-state index in [2.05, 4.69) is 15.3 Å². The zero-order valence-corrected chi connectivity index (χ0v) is 14.1. The number of H-pyrrole nitrogens is 1. The second-order valence-electron chi connectivity index (χ2n) is 5.24. The highest BCUT2D eigenvalue weighted by atomic mass is 32.1. The highest BCUT2D eigenvalue weighted by molar-refractivity contribution is 7.71. The summed E-state index contributed by atoms with van der Waals surface area (Å²) in [4.78, 5) is 0. The maximum absolute atomic E-state index is 13.0. The van der Waals surface area contributed by atoms with Crippen molar-refractivity contribution in [2.24, 2.45) is 5.10 Å². The van der Waals surface area contributed by atoms with Crippen LogP contribution in [0, 0.1) is 10.6 Å². The van der Waals surface area contributed by atoms with Gasteiger partial charge in [-0.25, -0.2) is 4.39 Å². The summed E-state index contributed by atoms with van der Waals surface area (Å²) in [6, 6.07) is 11.0. The molecule has 0 aliphatic carbocycles. The third-order valence-corrected chi connectivity index (χ3v) is 3.78. The molecule has 25 heavy (non-hydrogen) atoms. The molecule has 6 nitrogen and oxygen atoms in total. The van der Waals surface area contributed by atoms with Gasteiger partial charge in [-0.2, -0.15) is 14.9 Å². The van der Waals surface area contributed by atoms with Gasteiger partial charge < -0.3 is 9.84 Å². The Bertz CT molecular complexity index is 964. The van der Waals surface area contributed by atoms with Crippen LogP contribution in [0.2, 0.25) is 0 Å². The Hall–Kier alpha value is -3.00. The number of aromatic amines is 1. The maximum atomic E-state index is 13.0. The number of methoxy groups -OCH3 is 1. The molecular weight excluding hydrogens is 343 g/mol. The Morgan fingerprint density at radius 2 is 2.08 bits per heavy atom. The smallest absolute Gasteiger partial charge is 0.216 e. The number of nitrogens with one attached hydrogen (secondary N) is 1. The Kier molecular flexibility index (Phi) is 4.90. The second-order valence-corrected chi connectivity index (χ2v) is 5.62. The number of hydrogen-bond acceptors (Lipinski definition) is 5. The van der Waals surface area contributed by atoms with Gasteiger partial charge in [0.15, 0.2) is 17.3 Å². The predicted molar refractivity (Wildman–Crippen MR) is 94.3 cm³/mol. The van der Waals surface area contributed by atoms with Gasteiger partial charge in [-0.1, -0.05) is 12.1 Å². The van der Waals surface area contributed by atoms with Crippen molar-refractivity contribution in [1.29, 1.82) is 0 Å². The predicted octanol–water partition coefficient (Wildman–Crippen LogP) is 3.27. The van der Waals surface area contributed by atoms with Gasteiger partial charge in [-0.3, -0.25) is 5.10 Å². The van der Waals surface area contributed by atoms with E-state index in [-0.39, 0.29) is 11.6 Å². The number of rotatable bonds is 5. The summed E-state index contributed by atoms with van der Waals surface area (Å²) in [5.41, 5.74) is 1.61. The van der Waals surface area contributed by atoms with Crippen LogP contribution in [0.5, 0.6) is 11.5 Å². The molecule has 3 aromatic rings. The lowest BCUT2D eigenvalue weighted by atomic mass is 10.1. The van der Waals surface area contributed by atoms with Crippen molar-refractivity contribution < 1.29 is 14.2 Å². The highest BCUT2D eigenvalue weighted by Crippen LogP contribution is 2.25. The van der Waals surface area contributed by atoms with Gasteiger partial charge in [-0.05, 0) is 53.7 Å². The summed E-state index contributed by atoms with van der Waals surface area (Å²) in [7, 11) is 1.48. The lowest BCUT2D eigenvalue weighted by molar-refractivity contribution is 0.373. The third kappa shape index (κ3) is 3.92. The fourth-order valence-corrected chi connectivity index (χ4v) is 2.44. The molecule has 0 aliphatic heterocycles. The summed E-state index contributed by atoms with van der Waals surface area (Å²) in [5, 5.41) is 20.8. The zero-order chi connectivity index (χ0) is 17.8. The lowest BCUT2D eigenvalue weighted by Gasteiger charge is -2.04. The summed E-state index contributed by atoms with van der Waals surface area (Å²) in [6.45, 7) is 0. The van der Waals surface area contributed by atoms with Crippen molar-refractivity contribution in [1.82, 2.24) is 14.9 Å². The average Bonchev–Trinajstić information content (AvgIpc) is 2.96. The van der Waals surface area contributed by atoms with Crippen molar-refractivity contribution in [3.63, 3.8) is 0 Å². The van der Waals surface area contributed by atoms with Crippen LogP contribution in [-0.2, 0) is 6.42 Å². The van der Waals surface area contributed by atoms with Crippen LogP contribution in [0.3, 0.4) is 0 Å². The largest absolute Gasteiger partial charge is 0.504 e. The van der Waals surface area contributed by atoms with Gasteiger partial charge in [-0.15, -0.1) is 0 Å². The Labute approximate surface area is 148 Å². The topological polar surface area (TPSA) is 75.4 Å². The van der Waals surface area contributed by atoms with Gasteiger partial charge in [0.1, 0.15) is 5.82 Å². The first-order valence-electron chi connectivity index (χ1n) is 7.39. The first-order valence-corrected chi connectivity index (χ1v) is 7.80. The van der Waals surface area contributed by atoms with E-state index in [4.69, 9.17) is 17.0 Å². The van der Waals surface area contributed by atoms with Crippen LogP contribution in [0.1, 0.15) is 17.0 Å². The molecule has 0 saturated heterocycles. The van der Waals surface area contributed by atoms with E-state index in [1.54, 1.807) is 30.5 Å². The van der Waals surface area contributed by atoms with E-state index in [9.17, 15) is 9.50 Å². The number of aromatic nitrogens is 3. The van der Waals surface area contributed by atoms with Crippen molar-refractivity contribution in [2.75, 3.05) is 7.11 Å². The van der Waals surface area contributed by atoms with Crippen LogP contribution >= 0.6 is 12.2 Å². The van der Waals surface area contributed by atoms with E-state index in [1.165, 1.54) is 30.0 Å². The molecule has 0 bridgehead atoms. The molecule has 0 aliphatic rings. The van der Waals surface area contributed by atoms with E-state index in [1.807, 2.05) is 0 Å². The molecule has 0 radical (unpaired) electrons. The highest BCUT2D eigenvalue weighted by Gasteiger charge is 2.07. The monoisotopic (exact) mass is 358 g/mol. The molecule has 0 amide bonds. The number of phenolic OH excluding ortho intramolecular Hbond substituents is 1. The number of benzene rings is 2. The molecule has 8 heteroatoms. The first kappa shape index (κ1) is 16.8. The minimum Gasteiger partial charge on any atom is -0.504 e. The molecule has 2 N–H and O–H groups in total. The number of halogens is 1. The standard InChI is InChI=1S/C17H15FN4O2S/c1-24-15-8-12(4-7-14(15)23)10-19-22-16(20-21-17(22)25)9-11-2-5-13(18)6-3-11/h2-8,10,23H,9H2,1H3,(H,21,25). The molecule has 0 atom stereocenters. The average molecular weight is 358 g/mol. The number of phenols is 1. The number of ether oxygens (including phenoxy) is 1. The van der Waals surface area contributed by atoms with E-state index in [0.29, 0.717) is 22.8 Å². The molecule has 2 aromatic carbocycles. The molecule has 0 unspecified atom stereocenters. The van der Waals surface area contributed by atoms with Gasteiger partial charge in [0, 0.05) is 6.42 Å². The molecule has 128 valence electrons. The Morgan fingerprint density at radius 1 is 1.32 bits per heavy atom. The summed E-state index contributed by atoms with van der Waals surface area (Å²) >= 11 is 5.20. The van der Waals surface area contributed by atoms with Gasteiger partial charge in [0.05, 0.1) is 13.3 Å². The van der Waals surface area contributed by atoms with Crippen LogP contribution in [-0.4, -0.2) is 33.3 Å². The summed E-state index contributed by atoms with van der Waals surface area (Å²) in [6.07, 6.45) is 2.03. The number of aromatic hydroxyl groups is 1. The van der Waals surface area contributed by atoms with Crippen LogP contribution in [0.4, 0.5) is 4.39 Å². The van der Waals surface area contributed by atoms with Crippen molar-refractivity contribution in [2.45, 2.75) is 6.42 Å². The van der Waals surface area contributed by atoms with Crippen LogP contribution in [0.25, 0.3) is 0 Å². The number of nitrogens with zero attached hydrogens (tertiary/aromatic N) is 3. The minimum atomic E-state index is -0.290. The van der Waals surface area contributed by atoms with Gasteiger partial charge in [0.25, 0.3) is 0 Å². The van der Waals surface area contributed by atoms with E-state index < -0.39 is 0 Å². The minimum absolute atomic E-state index is 0.0524. The zero-order valence-electron chi connectivity index (χ0n) is 13.3. The molecule has 1 heterocycles. The quantitative estimate of drug-likeness (QED) is 0.542. The van der Waals surface area contributed by atoms with Crippen molar-refractivity contribution in [3.8, 4) is 11.5 Å². The fourth-order valence-electron chi connectivity index (χ4n) is 2.24. The molecule has 0 saturated carbocycles. The lowest BCUT2D eigenvalue weighted by Crippen LogP contribution is -2.00. The molecule has 1 aromatic heterocycles. The maximum Gasteiger partial charge on any atom is 0.216 e. The first-order chi connectivity index (χ1) is 12.1. The van der Waals surface area contributed by atoms with Gasteiger partial charge >= 0.3 is 0 Å². The summed E-state index contributed by atoms with van der Waals surface area (Å²) < 4.78 is 19.9. The summed E-state index contributed by atoms with van der Waals surface area (Å²) in [5.74, 6) is 0.711. The Morgan fingerprint density at radius 3 is 2.80 bits per heavy atom. The molecular formula is C17H15FN4O2S. The van der Waals surface area contributed by atoms with Gasteiger partial charge in [0.2, 0.25) is 4.77 Å². The number of hydrogen-bond donors (Lipinski definition) is 2.